The van der Waals surface area contributed by atoms with Gasteiger partial charge in [-0.3, -0.25) is 0 Å². The fourth-order valence-corrected chi connectivity index (χ4v) is 3.45. The number of carbonyl (C=O) groups excluding carboxylic acids is 1. The third kappa shape index (κ3) is 4.13. The third-order valence-electron chi connectivity index (χ3n) is 4.78. The Balaban J connectivity index is 1.61. The molecule has 1 N–H and O–H groups in total. The van der Waals surface area contributed by atoms with Crippen LogP contribution < -0.4 is 10.2 Å². The number of piperazine rings is 1. The van der Waals surface area contributed by atoms with Crippen LogP contribution in [-0.2, 0) is 6.42 Å². The molecular formula is C21H27N3O. The van der Waals surface area contributed by atoms with Crippen molar-refractivity contribution in [3.8, 4) is 0 Å². The van der Waals surface area contributed by atoms with Crippen molar-refractivity contribution in [3.63, 3.8) is 0 Å². The highest BCUT2D eigenvalue weighted by molar-refractivity contribution is 5.90. The lowest BCUT2D eigenvalue weighted by atomic mass is 10.1. The molecule has 2 aromatic carbocycles. The number of anilines is 2. The summed E-state index contributed by atoms with van der Waals surface area (Å²) >= 11 is 0. The average molecular weight is 337 g/mol. The first-order valence-electron chi connectivity index (χ1n) is 9.04. The Hall–Kier alpha value is -2.49. The van der Waals surface area contributed by atoms with Crippen molar-refractivity contribution in [2.24, 2.45) is 0 Å². The quantitative estimate of drug-likeness (QED) is 0.910. The van der Waals surface area contributed by atoms with Crippen molar-refractivity contribution < 1.29 is 4.79 Å². The molecule has 2 amide bonds. The molecule has 4 nitrogen and oxygen atoms in total. The zero-order chi connectivity index (χ0) is 17.8. The minimum absolute atomic E-state index is 0.000901. The van der Waals surface area contributed by atoms with E-state index in [9.17, 15) is 4.79 Å². The van der Waals surface area contributed by atoms with E-state index in [1.54, 1.807) is 0 Å². The van der Waals surface area contributed by atoms with Crippen LogP contribution in [0.2, 0.25) is 0 Å². The molecule has 1 fully saturated rings. The van der Waals surface area contributed by atoms with Gasteiger partial charge < -0.3 is 15.1 Å². The SMILES string of the molecule is CCc1ccccc1NC(=O)N1CCN(c2cc(C)cc(C)c2)CC1. The Kier molecular flexibility index (Phi) is 5.27. The van der Waals surface area contributed by atoms with Gasteiger partial charge in [-0.2, -0.15) is 0 Å². The number of nitrogens with one attached hydrogen (secondary N) is 1. The van der Waals surface area contributed by atoms with Gasteiger partial charge in [0, 0.05) is 37.6 Å². The maximum Gasteiger partial charge on any atom is 0.321 e. The van der Waals surface area contributed by atoms with Gasteiger partial charge in [0.15, 0.2) is 0 Å². The Bertz CT molecular complexity index is 728. The fraction of sp³-hybridized carbons (Fsp3) is 0.381. The van der Waals surface area contributed by atoms with E-state index < -0.39 is 0 Å². The molecule has 0 spiro atoms. The standard InChI is InChI=1S/C21H27N3O/c1-4-18-7-5-6-8-20(18)22-21(25)24-11-9-23(10-12-24)19-14-16(2)13-17(3)15-19/h5-8,13-15H,4,9-12H2,1-3H3,(H,22,25). The van der Waals surface area contributed by atoms with Crippen LogP contribution in [0.1, 0.15) is 23.6 Å². The number of benzene rings is 2. The number of nitrogens with zero attached hydrogens (tertiary/aromatic N) is 2. The second-order valence-corrected chi connectivity index (χ2v) is 6.76. The molecule has 0 aromatic heterocycles. The summed E-state index contributed by atoms with van der Waals surface area (Å²) < 4.78 is 0. The number of urea groups is 1. The van der Waals surface area contributed by atoms with Gasteiger partial charge in [0.25, 0.3) is 0 Å². The zero-order valence-corrected chi connectivity index (χ0v) is 15.4. The molecule has 0 atom stereocenters. The minimum Gasteiger partial charge on any atom is -0.368 e. The summed E-state index contributed by atoms with van der Waals surface area (Å²) in [5.74, 6) is 0. The highest BCUT2D eigenvalue weighted by atomic mass is 16.2. The van der Waals surface area contributed by atoms with Crippen molar-refractivity contribution in [2.45, 2.75) is 27.2 Å². The van der Waals surface area contributed by atoms with Crippen LogP contribution in [0.15, 0.2) is 42.5 Å². The molecule has 1 aliphatic rings. The Morgan fingerprint density at radius 1 is 1.00 bits per heavy atom. The highest BCUT2D eigenvalue weighted by Crippen LogP contribution is 2.21. The summed E-state index contributed by atoms with van der Waals surface area (Å²) in [6.45, 7) is 9.59. The first-order chi connectivity index (χ1) is 12.1. The number of carbonyl (C=O) groups is 1. The molecule has 0 unspecified atom stereocenters. The number of aryl methyl sites for hydroxylation is 3. The summed E-state index contributed by atoms with van der Waals surface area (Å²) in [5.41, 5.74) is 5.92. The molecular weight excluding hydrogens is 310 g/mol. The van der Waals surface area contributed by atoms with E-state index in [2.05, 4.69) is 55.3 Å². The number of rotatable bonds is 3. The second-order valence-electron chi connectivity index (χ2n) is 6.76. The Morgan fingerprint density at radius 3 is 2.28 bits per heavy atom. The molecule has 25 heavy (non-hydrogen) atoms. The van der Waals surface area contributed by atoms with Crippen LogP contribution >= 0.6 is 0 Å². The molecule has 1 saturated heterocycles. The fourth-order valence-electron chi connectivity index (χ4n) is 3.45. The molecule has 0 saturated carbocycles. The number of para-hydroxylation sites is 1. The van der Waals surface area contributed by atoms with Crippen molar-refractivity contribution in [1.82, 2.24) is 4.90 Å². The molecule has 0 aliphatic carbocycles. The van der Waals surface area contributed by atoms with Crippen molar-refractivity contribution in [1.29, 1.82) is 0 Å². The van der Waals surface area contributed by atoms with E-state index in [1.165, 1.54) is 22.4 Å². The summed E-state index contributed by atoms with van der Waals surface area (Å²) in [5, 5.41) is 3.07. The average Bonchev–Trinajstić information content (AvgIpc) is 2.61. The summed E-state index contributed by atoms with van der Waals surface area (Å²) in [6, 6.07) is 14.7. The molecule has 3 rings (SSSR count). The smallest absolute Gasteiger partial charge is 0.321 e. The Morgan fingerprint density at radius 2 is 1.64 bits per heavy atom. The molecule has 0 bridgehead atoms. The van der Waals surface area contributed by atoms with Gasteiger partial charge in [0.05, 0.1) is 0 Å². The second kappa shape index (κ2) is 7.60. The monoisotopic (exact) mass is 337 g/mol. The first-order valence-corrected chi connectivity index (χ1v) is 9.04. The minimum atomic E-state index is 0.000901. The van der Waals surface area contributed by atoms with Gasteiger partial charge in [0.2, 0.25) is 0 Å². The predicted octanol–water partition coefficient (Wildman–Crippen LogP) is 4.22. The lowest BCUT2D eigenvalue weighted by molar-refractivity contribution is 0.208. The summed E-state index contributed by atoms with van der Waals surface area (Å²) in [6.07, 6.45) is 0.914. The van der Waals surface area contributed by atoms with Crippen LogP contribution in [0.3, 0.4) is 0 Å². The molecule has 1 aliphatic heterocycles. The van der Waals surface area contributed by atoms with Crippen LogP contribution in [0.25, 0.3) is 0 Å². The van der Waals surface area contributed by atoms with Crippen molar-refractivity contribution in [3.05, 3.63) is 59.2 Å². The molecule has 4 heteroatoms. The van der Waals surface area contributed by atoms with Crippen LogP contribution in [0, 0.1) is 13.8 Å². The van der Waals surface area contributed by atoms with E-state index >= 15 is 0 Å². The topological polar surface area (TPSA) is 35.6 Å². The molecule has 132 valence electrons. The van der Waals surface area contributed by atoms with Gasteiger partial charge in [0.1, 0.15) is 0 Å². The summed E-state index contributed by atoms with van der Waals surface area (Å²) in [7, 11) is 0. The molecule has 0 radical (unpaired) electrons. The first kappa shape index (κ1) is 17.3. The summed E-state index contributed by atoms with van der Waals surface area (Å²) in [4.78, 5) is 16.9. The lowest BCUT2D eigenvalue weighted by Gasteiger charge is -2.36. The molecule has 2 aromatic rings. The maximum absolute atomic E-state index is 12.6. The van der Waals surface area contributed by atoms with E-state index in [-0.39, 0.29) is 6.03 Å². The third-order valence-corrected chi connectivity index (χ3v) is 4.78. The number of hydrogen-bond acceptors (Lipinski definition) is 2. The van der Waals surface area contributed by atoms with Gasteiger partial charge >= 0.3 is 6.03 Å². The van der Waals surface area contributed by atoms with Gasteiger partial charge in [-0.05, 0) is 55.2 Å². The highest BCUT2D eigenvalue weighted by Gasteiger charge is 2.22. The predicted molar refractivity (Wildman–Crippen MR) is 105 cm³/mol. The van der Waals surface area contributed by atoms with E-state index in [0.717, 1.165) is 38.3 Å². The van der Waals surface area contributed by atoms with Crippen molar-refractivity contribution >= 4 is 17.4 Å². The van der Waals surface area contributed by atoms with Crippen LogP contribution in [0.4, 0.5) is 16.2 Å². The van der Waals surface area contributed by atoms with Crippen LogP contribution in [0.5, 0.6) is 0 Å². The van der Waals surface area contributed by atoms with Crippen molar-refractivity contribution in [2.75, 3.05) is 36.4 Å². The van der Waals surface area contributed by atoms with Gasteiger partial charge in [-0.1, -0.05) is 31.2 Å². The van der Waals surface area contributed by atoms with Gasteiger partial charge in [-0.15, -0.1) is 0 Å². The zero-order valence-electron chi connectivity index (χ0n) is 15.4. The molecule has 1 heterocycles. The van der Waals surface area contributed by atoms with E-state index in [0.29, 0.717) is 0 Å². The maximum atomic E-state index is 12.6. The lowest BCUT2D eigenvalue weighted by Crippen LogP contribution is -2.50. The van der Waals surface area contributed by atoms with Gasteiger partial charge in [-0.25, -0.2) is 4.79 Å². The van der Waals surface area contributed by atoms with E-state index in [4.69, 9.17) is 0 Å². The van der Waals surface area contributed by atoms with E-state index in [1.807, 2.05) is 23.1 Å². The number of amides is 2. The van der Waals surface area contributed by atoms with Crippen LogP contribution in [-0.4, -0.2) is 37.1 Å². The largest absolute Gasteiger partial charge is 0.368 e. The Labute approximate surface area is 150 Å². The normalized spacial score (nSPS) is 14.5. The number of hydrogen-bond donors (Lipinski definition) is 1.